The molecule has 0 saturated carbocycles. The van der Waals surface area contributed by atoms with Gasteiger partial charge in [-0.3, -0.25) is 4.79 Å². The van der Waals surface area contributed by atoms with Gasteiger partial charge in [0.25, 0.3) is 0 Å². The summed E-state index contributed by atoms with van der Waals surface area (Å²) in [6, 6.07) is 7.06. The molecule has 94 valence electrons. The Morgan fingerprint density at radius 3 is 2.67 bits per heavy atom. The molecule has 0 aliphatic carbocycles. The van der Waals surface area contributed by atoms with Gasteiger partial charge in [-0.2, -0.15) is 4.98 Å². The number of methoxy groups -OCH3 is 1. The van der Waals surface area contributed by atoms with Crippen molar-refractivity contribution in [2.75, 3.05) is 12.4 Å². The van der Waals surface area contributed by atoms with Crippen LogP contribution in [0.15, 0.2) is 28.8 Å². The SMILES string of the molecule is COc1ccc(NC(=O)Cc2nc(C)no2)cc1. The van der Waals surface area contributed by atoms with Crippen molar-refractivity contribution in [1.29, 1.82) is 0 Å². The summed E-state index contributed by atoms with van der Waals surface area (Å²) in [4.78, 5) is 15.6. The van der Waals surface area contributed by atoms with Gasteiger partial charge in [0.2, 0.25) is 11.8 Å². The second-order valence-corrected chi connectivity index (χ2v) is 3.69. The van der Waals surface area contributed by atoms with Gasteiger partial charge in [0, 0.05) is 5.69 Å². The molecule has 0 saturated heterocycles. The molecule has 0 atom stereocenters. The first kappa shape index (κ1) is 12.1. The number of nitrogens with zero attached hydrogens (tertiary/aromatic N) is 2. The monoisotopic (exact) mass is 247 g/mol. The lowest BCUT2D eigenvalue weighted by Gasteiger charge is -2.04. The maximum Gasteiger partial charge on any atom is 0.236 e. The van der Waals surface area contributed by atoms with Gasteiger partial charge in [0.05, 0.1) is 7.11 Å². The third kappa shape index (κ3) is 3.07. The highest BCUT2D eigenvalue weighted by atomic mass is 16.5. The number of nitrogens with one attached hydrogen (secondary N) is 1. The van der Waals surface area contributed by atoms with Gasteiger partial charge in [-0.25, -0.2) is 0 Å². The molecule has 0 aliphatic heterocycles. The Hall–Kier alpha value is -2.37. The van der Waals surface area contributed by atoms with Crippen LogP contribution in [0.25, 0.3) is 0 Å². The number of hydrogen-bond donors (Lipinski definition) is 1. The number of anilines is 1. The second kappa shape index (κ2) is 5.31. The average molecular weight is 247 g/mol. The minimum absolute atomic E-state index is 0.0624. The van der Waals surface area contributed by atoms with Gasteiger partial charge in [-0.15, -0.1) is 0 Å². The van der Waals surface area contributed by atoms with E-state index >= 15 is 0 Å². The molecule has 2 aromatic rings. The van der Waals surface area contributed by atoms with Crippen LogP contribution in [0.4, 0.5) is 5.69 Å². The molecular formula is C12H13N3O3. The minimum atomic E-state index is -0.205. The van der Waals surface area contributed by atoms with E-state index in [1.54, 1.807) is 38.3 Å². The van der Waals surface area contributed by atoms with Crippen molar-refractivity contribution in [3.05, 3.63) is 36.0 Å². The predicted octanol–water partition coefficient (Wildman–Crippen LogP) is 1.57. The van der Waals surface area contributed by atoms with E-state index in [1.165, 1.54) is 0 Å². The average Bonchev–Trinajstić information content (AvgIpc) is 2.75. The van der Waals surface area contributed by atoms with Crippen LogP contribution in [-0.2, 0) is 11.2 Å². The first-order chi connectivity index (χ1) is 8.67. The van der Waals surface area contributed by atoms with Crippen molar-refractivity contribution in [1.82, 2.24) is 10.1 Å². The largest absolute Gasteiger partial charge is 0.497 e. The highest BCUT2D eigenvalue weighted by Gasteiger charge is 2.09. The molecule has 1 N–H and O–H groups in total. The Morgan fingerprint density at radius 2 is 2.11 bits per heavy atom. The molecule has 1 aromatic carbocycles. The normalized spacial score (nSPS) is 10.1. The van der Waals surface area contributed by atoms with E-state index in [1.807, 2.05) is 0 Å². The van der Waals surface area contributed by atoms with E-state index in [0.29, 0.717) is 17.4 Å². The Labute approximate surface area is 104 Å². The molecule has 18 heavy (non-hydrogen) atoms. The number of carbonyl (C=O) groups is 1. The van der Waals surface area contributed by atoms with E-state index in [0.717, 1.165) is 5.75 Å². The standard InChI is InChI=1S/C12H13N3O3/c1-8-13-12(18-15-8)7-11(16)14-9-3-5-10(17-2)6-4-9/h3-6H,7H2,1-2H3,(H,14,16). The van der Waals surface area contributed by atoms with Crippen LogP contribution in [0.3, 0.4) is 0 Å². The maximum absolute atomic E-state index is 11.7. The number of aryl methyl sites for hydroxylation is 1. The maximum atomic E-state index is 11.7. The molecule has 0 aliphatic rings. The number of aromatic nitrogens is 2. The number of rotatable bonds is 4. The summed E-state index contributed by atoms with van der Waals surface area (Å²) >= 11 is 0. The first-order valence-corrected chi connectivity index (χ1v) is 5.40. The number of carbonyl (C=O) groups excluding carboxylic acids is 1. The summed E-state index contributed by atoms with van der Waals surface area (Å²) in [5.41, 5.74) is 0.692. The lowest BCUT2D eigenvalue weighted by Crippen LogP contribution is -2.14. The van der Waals surface area contributed by atoms with E-state index in [2.05, 4.69) is 15.5 Å². The highest BCUT2D eigenvalue weighted by molar-refractivity contribution is 5.91. The number of hydrogen-bond acceptors (Lipinski definition) is 5. The molecule has 2 rings (SSSR count). The third-order valence-corrected chi connectivity index (χ3v) is 2.26. The summed E-state index contributed by atoms with van der Waals surface area (Å²) in [6.07, 6.45) is 0.0624. The summed E-state index contributed by atoms with van der Waals surface area (Å²) in [5.74, 6) is 1.35. The zero-order valence-electron chi connectivity index (χ0n) is 10.1. The van der Waals surface area contributed by atoms with Crippen LogP contribution in [0.1, 0.15) is 11.7 Å². The van der Waals surface area contributed by atoms with Gasteiger partial charge in [-0.05, 0) is 31.2 Å². The summed E-state index contributed by atoms with van der Waals surface area (Å²) in [7, 11) is 1.59. The van der Waals surface area contributed by atoms with Crippen molar-refractivity contribution in [2.24, 2.45) is 0 Å². The van der Waals surface area contributed by atoms with Crippen LogP contribution >= 0.6 is 0 Å². The fourth-order valence-corrected chi connectivity index (χ4v) is 1.43. The molecule has 1 aromatic heterocycles. The van der Waals surface area contributed by atoms with E-state index in [4.69, 9.17) is 9.26 Å². The van der Waals surface area contributed by atoms with Crippen LogP contribution in [0.2, 0.25) is 0 Å². The van der Waals surface area contributed by atoms with Crippen LogP contribution in [0.5, 0.6) is 5.75 Å². The minimum Gasteiger partial charge on any atom is -0.497 e. The zero-order valence-corrected chi connectivity index (χ0v) is 10.1. The van der Waals surface area contributed by atoms with Crippen LogP contribution in [-0.4, -0.2) is 23.2 Å². The zero-order chi connectivity index (χ0) is 13.0. The van der Waals surface area contributed by atoms with Crippen LogP contribution < -0.4 is 10.1 Å². The molecule has 0 radical (unpaired) electrons. The molecule has 1 amide bonds. The topological polar surface area (TPSA) is 77.2 Å². The van der Waals surface area contributed by atoms with E-state index in [9.17, 15) is 4.79 Å². The highest BCUT2D eigenvalue weighted by Crippen LogP contribution is 2.15. The molecule has 0 unspecified atom stereocenters. The molecular weight excluding hydrogens is 234 g/mol. The lowest BCUT2D eigenvalue weighted by molar-refractivity contribution is -0.115. The van der Waals surface area contributed by atoms with Gasteiger partial charge in [0.1, 0.15) is 12.2 Å². The van der Waals surface area contributed by atoms with Crippen LogP contribution in [0, 0.1) is 6.92 Å². The fourth-order valence-electron chi connectivity index (χ4n) is 1.43. The number of benzene rings is 1. The van der Waals surface area contributed by atoms with Gasteiger partial charge in [0.15, 0.2) is 5.82 Å². The molecule has 6 heteroatoms. The summed E-state index contributed by atoms with van der Waals surface area (Å²) in [6.45, 7) is 1.70. The molecule has 0 spiro atoms. The third-order valence-electron chi connectivity index (χ3n) is 2.26. The quantitative estimate of drug-likeness (QED) is 0.887. The Morgan fingerprint density at radius 1 is 1.39 bits per heavy atom. The second-order valence-electron chi connectivity index (χ2n) is 3.69. The van der Waals surface area contributed by atoms with E-state index < -0.39 is 0 Å². The number of ether oxygens (including phenoxy) is 1. The summed E-state index contributed by atoms with van der Waals surface area (Å²) < 4.78 is 9.89. The van der Waals surface area contributed by atoms with Gasteiger partial charge in [-0.1, -0.05) is 5.16 Å². The van der Waals surface area contributed by atoms with Gasteiger partial charge < -0.3 is 14.6 Å². The Balaban J connectivity index is 1.94. The Kier molecular flexibility index (Phi) is 3.57. The van der Waals surface area contributed by atoms with Crippen molar-refractivity contribution in [3.8, 4) is 5.75 Å². The van der Waals surface area contributed by atoms with Crippen molar-refractivity contribution < 1.29 is 14.1 Å². The van der Waals surface area contributed by atoms with E-state index in [-0.39, 0.29) is 12.3 Å². The molecule has 6 nitrogen and oxygen atoms in total. The van der Waals surface area contributed by atoms with Crippen molar-refractivity contribution in [3.63, 3.8) is 0 Å². The molecule has 1 heterocycles. The summed E-state index contributed by atoms with van der Waals surface area (Å²) in [5, 5.41) is 6.35. The first-order valence-electron chi connectivity index (χ1n) is 5.40. The van der Waals surface area contributed by atoms with Gasteiger partial charge >= 0.3 is 0 Å². The van der Waals surface area contributed by atoms with Crippen molar-refractivity contribution in [2.45, 2.75) is 13.3 Å². The molecule has 0 fully saturated rings. The fraction of sp³-hybridized carbons (Fsp3) is 0.250. The Bertz CT molecular complexity index is 534. The lowest BCUT2D eigenvalue weighted by atomic mass is 10.3. The number of amides is 1. The van der Waals surface area contributed by atoms with Crippen molar-refractivity contribution >= 4 is 11.6 Å². The predicted molar refractivity (Wildman–Crippen MR) is 64.4 cm³/mol. The molecule has 0 bridgehead atoms. The smallest absolute Gasteiger partial charge is 0.236 e.